The van der Waals surface area contributed by atoms with Gasteiger partial charge in [0, 0.05) is 11.6 Å². The second kappa shape index (κ2) is 8.15. The normalized spacial score (nSPS) is 10.4. The lowest BCUT2D eigenvalue weighted by atomic mass is 10.1. The van der Waals surface area contributed by atoms with Gasteiger partial charge in [-0.3, -0.25) is 0 Å². The van der Waals surface area contributed by atoms with Gasteiger partial charge in [0.1, 0.15) is 18.1 Å². The highest BCUT2D eigenvalue weighted by molar-refractivity contribution is 5.71. The first kappa shape index (κ1) is 17.5. The number of esters is 1. The Morgan fingerprint density at radius 2 is 1.92 bits per heavy atom. The van der Waals surface area contributed by atoms with Crippen molar-refractivity contribution in [1.29, 1.82) is 0 Å². The Bertz CT molecular complexity index is 876. The number of nitrogens with zero attached hydrogens (tertiary/aromatic N) is 1. The molecule has 0 bridgehead atoms. The van der Waals surface area contributed by atoms with Crippen molar-refractivity contribution in [2.75, 3.05) is 13.7 Å². The van der Waals surface area contributed by atoms with Gasteiger partial charge in [-0.25, -0.2) is 9.18 Å². The zero-order valence-corrected chi connectivity index (χ0v) is 14.0. The van der Waals surface area contributed by atoms with Crippen molar-refractivity contribution in [3.05, 3.63) is 66.1 Å². The molecule has 0 radical (unpaired) electrons. The molecule has 134 valence electrons. The summed E-state index contributed by atoms with van der Waals surface area (Å²) < 4.78 is 33.9. The standard InChI is InChI=1S/C19H16FNO5/c1-23-15-8-6-13(7-9-15)18-10-14(21-26-18)11-25-19(22)12-24-17-5-3-2-4-16(17)20/h2-10H,11-12H2,1H3. The van der Waals surface area contributed by atoms with E-state index >= 15 is 0 Å². The Balaban J connectivity index is 1.51. The van der Waals surface area contributed by atoms with Crippen LogP contribution in [0.2, 0.25) is 0 Å². The Labute approximate surface area is 149 Å². The molecule has 0 spiro atoms. The van der Waals surface area contributed by atoms with E-state index in [1.807, 2.05) is 12.1 Å². The van der Waals surface area contributed by atoms with E-state index in [-0.39, 0.29) is 12.4 Å². The Hall–Kier alpha value is -3.35. The quantitative estimate of drug-likeness (QED) is 0.602. The Morgan fingerprint density at radius 1 is 1.15 bits per heavy atom. The average Bonchev–Trinajstić information content (AvgIpc) is 3.15. The van der Waals surface area contributed by atoms with Crippen LogP contribution >= 0.6 is 0 Å². The zero-order valence-electron chi connectivity index (χ0n) is 14.0. The first-order chi connectivity index (χ1) is 12.7. The van der Waals surface area contributed by atoms with Crippen LogP contribution in [0.15, 0.2) is 59.1 Å². The van der Waals surface area contributed by atoms with Crippen LogP contribution in [0.25, 0.3) is 11.3 Å². The van der Waals surface area contributed by atoms with E-state index in [9.17, 15) is 9.18 Å². The van der Waals surface area contributed by atoms with Gasteiger partial charge in [-0.1, -0.05) is 17.3 Å². The molecule has 0 aliphatic rings. The maximum Gasteiger partial charge on any atom is 0.344 e. The number of benzene rings is 2. The minimum absolute atomic E-state index is 0.00678. The van der Waals surface area contributed by atoms with Crippen LogP contribution < -0.4 is 9.47 Å². The van der Waals surface area contributed by atoms with Crippen molar-refractivity contribution in [3.8, 4) is 22.8 Å². The summed E-state index contributed by atoms with van der Waals surface area (Å²) in [5, 5.41) is 3.86. The molecule has 1 aromatic heterocycles. The summed E-state index contributed by atoms with van der Waals surface area (Å²) in [6.07, 6.45) is 0. The molecule has 0 amide bonds. The summed E-state index contributed by atoms with van der Waals surface area (Å²) in [6.45, 7) is -0.469. The van der Waals surface area contributed by atoms with Gasteiger partial charge in [-0.05, 0) is 36.4 Å². The average molecular weight is 357 g/mol. The maximum absolute atomic E-state index is 13.4. The molecule has 2 aromatic carbocycles. The molecule has 0 unspecified atom stereocenters. The van der Waals surface area contributed by atoms with Gasteiger partial charge in [0.25, 0.3) is 0 Å². The van der Waals surface area contributed by atoms with Gasteiger partial charge >= 0.3 is 5.97 Å². The highest BCUT2D eigenvalue weighted by Crippen LogP contribution is 2.23. The fraction of sp³-hybridized carbons (Fsp3) is 0.158. The van der Waals surface area contributed by atoms with E-state index in [1.165, 1.54) is 18.2 Å². The zero-order chi connectivity index (χ0) is 18.4. The number of carbonyl (C=O) groups excluding carboxylic acids is 1. The van der Waals surface area contributed by atoms with Crippen molar-refractivity contribution >= 4 is 5.97 Å². The molecule has 1 heterocycles. The van der Waals surface area contributed by atoms with Crippen molar-refractivity contribution < 1.29 is 27.9 Å². The van der Waals surface area contributed by atoms with E-state index in [4.69, 9.17) is 18.7 Å². The van der Waals surface area contributed by atoms with E-state index in [0.717, 1.165) is 11.3 Å². The van der Waals surface area contributed by atoms with Crippen LogP contribution in [-0.4, -0.2) is 24.8 Å². The van der Waals surface area contributed by atoms with E-state index in [1.54, 1.807) is 31.4 Å². The second-order valence-electron chi connectivity index (χ2n) is 5.29. The van der Waals surface area contributed by atoms with Gasteiger partial charge in [0.05, 0.1) is 7.11 Å². The highest BCUT2D eigenvalue weighted by atomic mass is 19.1. The van der Waals surface area contributed by atoms with Crippen molar-refractivity contribution in [2.24, 2.45) is 0 Å². The van der Waals surface area contributed by atoms with Crippen LogP contribution in [0, 0.1) is 5.82 Å². The SMILES string of the molecule is COc1ccc(-c2cc(COC(=O)COc3ccccc3F)no2)cc1. The predicted octanol–water partition coefficient (Wildman–Crippen LogP) is 3.61. The van der Waals surface area contributed by atoms with E-state index in [0.29, 0.717) is 11.5 Å². The lowest BCUT2D eigenvalue weighted by Crippen LogP contribution is -2.15. The number of hydrogen-bond acceptors (Lipinski definition) is 6. The summed E-state index contributed by atoms with van der Waals surface area (Å²) in [4.78, 5) is 11.7. The number of methoxy groups -OCH3 is 1. The van der Waals surface area contributed by atoms with Crippen LogP contribution in [0.3, 0.4) is 0 Å². The largest absolute Gasteiger partial charge is 0.497 e. The molecule has 0 saturated heterocycles. The van der Waals surface area contributed by atoms with Crippen LogP contribution in [0.1, 0.15) is 5.69 Å². The van der Waals surface area contributed by atoms with Gasteiger partial charge in [-0.15, -0.1) is 0 Å². The number of aromatic nitrogens is 1. The lowest BCUT2D eigenvalue weighted by Gasteiger charge is -2.06. The molecule has 0 atom stereocenters. The van der Waals surface area contributed by atoms with Crippen LogP contribution in [0.5, 0.6) is 11.5 Å². The summed E-state index contributed by atoms with van der Waals surface area (Å²) in [6, 6.07) is 14.8. The first-order valence-corrected chi connectivity index (χ1v) is 7.78. The molecule has 0 aliphatic carbocycles. The number of para-hydroxylation sites is 1. The molecule has 6 nitrogen and oxygen atoms in total. The number of hydrogen-bond donors (Lipinski definition) is 0. The van der Waals surface area contributed by atoms with Gasteiger partial charge < -0.3 is 18.7 Å². The molecule has 3 aromatic rings. The van der Waals surface area contributed by atoms with E-state index in [2.05, 4.69) is 5.16 Å². The van der Waals surface area contributed by atoms with Crippen LogP contribution in [0.4, 0.5) is 4.39 Å². The number of rotatable bonds is 7. The van der Waals surface area contributed by atoms with Crippen molar-refractivity contribution in [1.82, 2.24) is 5.16 Å². The monoisotopic (exact) mass is 357 g/mol. The van der Waals surface area contributed by atoms with Crippen molar-refractivity contribution in [3.63, 3.8) is 0 Å². The van der Waals surface area contributed by atoms with Gasteiger partial charge in [0.15, 0.2) is 23.9 Å². The molecular weight excluding hydrogens is 341 g/mol. The second-order valence-corrected chi connectivity index (χ2v) is 5.29. The molecule has 0 N–H and O–H groups in total. The molecule has 0 aliphatic heterocycles. The Kier molecular flexibility index (Phi) is 5.48. The van der Waals surface area contributed by atoms with Crippen molar-refractivity contribution in [2.45, 2.75) is 6.61 Å². The molecule has 0 saturated carbocycles. The third-order valence-corrected chi connectivity index (χ3v) is 3.50. The molecular formula is C19H16FNO5. The molecule has 3 rings (SSSR count). The third-order valence-electron chi connectivity index (χ3n) is 3.50. The maximum atomic E-state index is 13.4. The topological polar surface area (TPSA) is 70.8 Å². The van der Waals surface area contributed by atoms with Gasteiger partial charge in [-0.2, -0.15) is 0 Å². The van der Waals surface area contributed by atoms with Crippen LogP contribution in [-0.2, 0) is 16.1 Å². The van der Waals surface area contributed by atoms with Gasteiger partial charge in [0.2, 0.25) is 0 Å². The summed E-state index contributed by atoms with van der Waals surface area (Å²) >= 11 is 0. The minimum atomic E-state index is -0.637. The first-order valence-electron chi connectivity index (χ1n) is 7.78. The summed E-state index contributed by atoms with van der Waals surface area (Å²) in [5.41, 5.74) is 1.27. The fourth-order valence-corrected chi connectivity index (χ4v) is 2.17. The highest BCUT2D eigenvalue weighted by Gasteiger charge is 2.11. The molecule has 0 fully saturated rings. The number of halogens is 1. The smallest absolute Gasteiger partial charge is 0.344 e. The fourth-order valence-electron chi connectivity index (χ4n) is 2.17. The lowest BCUT2D eigenvalue weighted by molar-refractivity contribution is -0.147. The molecule has 7 heteroatoms. The summed E-state index contributed by atoms with van der Waals surface area (Å²) in [5.74, 6) is 0.0921. The minimum Gasteiger partial charge on any atom is -0.497 e. The predicted molar refractivity (Wildman–Crippen MR) is 90.2 cm³/mol. The number of carbonyl (C=O) groups is 1. The summed E-state index contributed by atoms with van der Waals surface area (Å²) in [7, 11) is 1.59. The van der Waals surface area contributed by atoms with E-state index < -0.39 is 18.4 Å². The Morgan fingerprint density at radius 3 is 2.65 bits per heavy atom. The number of ether oxygens (including phenoxy) is 3. The third kappa shape index (κ3) is 4.38. The molecule has 26 heavy (non-hydrogen) atoms.